The summed E-state index contributed by atoms with van der Waals surface area (Å²) >= 11 is 0. The normalized spacial score (nSPS) is 11.8. The van der Waals surface area contributed by atoms with Gasteiger partial charge in [0.2, 0.25) is 5.88 Å². The summed E-state index contributed by atoms with van der Waals surface area (Å²) in [6.07, 6.45) is 1.40. The second kappa shape index (κ2) is 10.9. The highest BCUT2D eigenvalue weighted by molar-refractivity contribution is 7.92. The lowest BCUT2D eigenvalue weighted by atomic mass is 10.2. The first kappa shape index (κ1) is 28.4. The molecule has 0 aliphatic heterocycles. The van der Waals surface area contributed by atoms with Gasteiger partial charge in [-0.25, -0.2) is 17.8 Å². The number of nitrogens with zero attached hydrogens (tertiary/aromatic N) is 3. The van der Waals surface area contributed by atoms with E-state index < -0.39 is 37.7 Å². The van der Waals surface area contributed by atoms with E-state index >= 15 is 0 Å². The highest BCUT2D eigenvalue weighted by atomic mass is 32.2. The van der Waals surface area contributed by atoms with Crippen LogP contribution in [0.25, 0.3) is 5.69 Å². The standard InChI is InChI=1S/C26H23F3N4O6S/c1-16-24(35)33(19-5-9-21(10-6-19)40(37,38)26(27,28)29)25(36)32(16)15-18-11-12-30-22(13-18)23(34)31-14-17-3-7-20(39-2)8-4-17/h3-13,35H,14-15H2,1-2H3,(H,31,34). The molecule has 4 rings (SSSR count). The summed E-state index contributed by atoms with van der Waals surface area (Å²) in [5, 5.41) is 13.4. The first-order chi connectivity index (χ1) is 18.8. The molecule has 0 aliphatic carbocycles. The zero-order valence-corrected chi connectivity index (χ0v) is 22.0. The number of hydrogen-bond donors (Lipinski definition) is 2. The number of aromatic hydroxyl groups is 1. The number of rotatable bonds is 8. The molecule has 2 aromatic heterocycles. The molecule has 1 amide bonds. The van der Waals surface area contributed by atoms with Gasteiger partial charge in [-0.1, -0.05) is 12.1 Å². The molecule has 0 fully saturated rings. The van der Waals surface area contributed by atoms with E-state index in [0.717, 1.165) is 22.3 Å². The summed E-state index contributed by atoms with van der Waals surface area (Å²) in [5.74, 6) is -0.250. The van der Waals surface area contributed by atoms with Crippen LogP contribution in [0.5, 0.6) is 11.6 Å². The van der Waals surface area contributed by atoms with Gasteiger partial charge < -0.3 is 15.2 Å². The molecule has 0 saturated heterocycles. The van der Waals surface area contributed by atoms with Gasteiger partial charge in [-0.3, -0.25) is 14.3 Å². The summed E-state index contributed by atoms with van der Waals surface area (Å²) < 4.78 is 68.9. The zero-order valence-electron chi connectivity index (χ0n) is 21.1. The molecule has 0 bridgehead atoms. The average Bonchev–Trinajstić information content (AvgIpc) is 3.14. The summed E-state index contributed by atoms with van der Waals surface area (Å²) in [7, 11) is -4.02. The van der Waals surface area contributed by atoms with Gasteiger partial charge in [0.05, 0.1) is 29.9 Å². The Morgan fingerprint density at radius 1 is 1.05 bits per heavy atom. The van der Waals surface area contributed by atoms with Crippen LogP contribution in [0, 0.1) is 6.92 Å². The molecule has 0 saturated carbocycles. The monoisotopic (exact) mass is 576 g/mol. The Hall–Kier alpha value is -4.59. The van der Waals surface area contributed by atoms with E-state index in [9.17, 15) is 36.3 Å². The molecule has 0 spiro atoms. The average molecular weight is 577 g/mol. The number of aromatic nitrogens is 3. The van der Waals surface area contributed by atoms with Gasteiger partial charge in [0.25, 0.3) is 15.7 Å². The maximum absolute atomic E-state index is 13.1. The summed E-state index contributed by atoms with van der Waals surface area (Å²) in [4.78, 5) is 28.9. The number of benzene rings is 2. The van der Waals surface area contributed by atoms with Crippen LogP contribution in [0.1, 0.15) is 27.3 Å². The van der Waals surface area contributed by atoms with Crippen molar-refractivity contribution < 1.29 is 36.2 Å². The van der Waals surface area contributed by atoms with Gasteiger partial charge in [0.1, 0.15) is 11.4 Å². The lowest BCUT2D eigenvalue weighted by Gasteiger charge is -2.09. The topological polar surface area (TPSA) is 133 Å². The molecule has 2 heterocycles. The molecule has 0 radical (unpaired) electrons. The minimum absolute atomic E-state index is 0.0428. The maximum Gasteiger partial charge on any atom is 0.501 e. The molecule has 4 aromatic rings. The second-order valence-electron chi connectivity index (χ2n) is 8.64. The number of sulfone groups is 1. The number of alkyl halides is 3. The quantitative estimate of drug-likeness (QED) is 0.329. The molecule has 2 aromatic carbocycles. The van der Waals surface area contributed by atoms with Crippen LogP contribution in [0.4, 0.5) is 13.2 Å². The third-order valence-electron chi connectivity index (χ3n) is 6.08. The Morgan fingerprint density at radius 3 is 2.30 bits per heavy atom. The molecule has 10 nitrogen and oxygen atoms in total. The first-order valence-corrected chi connectivity index (χ1v) is 13.1. The van der Waals surface area contributed by atoms with Crippen LogP contribution in [0.15, 0.2) is 76.6 Å². The largest absolute Gasteiger partial charge is 0.501 e. The van der Waals surface area contributed by atoms with Crippen molar-refractivity contribution in [3.63, 3.8) is 0 Å². The van der Waals surface area contributed by atoms with Crippen LogP contribution >= 0.6 is 0 Å². The molecule has 0 atom stereocenters. The number of pyridine rings is 1. The van der Waals surface area contributed by atoms with Gasteiger partial charge in [0.15, 0.2) is 0 Å². The van der Waals surface area contributed by atoms with Gasteiger partial charge in [-0.05, 0) is 66.6 Å². The number of halogens is 3. The number of carbonyl (C=O) groups is 1. The fourth-order valence-electron chi connectivity index (χ4n) is 3.86. The van der Waals surface area contributed by atoms with Crippen molar-refractivity contribution in [3.05, 3.63) is 99.9 Å². The highest BCUT2D eigenvalue weighted by Gasteiger charge is 2.46. The molecule has 2 N–H and O–H groups in total. The van der Waals surface area contributed by atoms with E-state index in [1.54, 1.807) is 37.4 Å². The molecular weight excluding hydrogens is 553 g/mol. The molecule has 14 heteroatoms. The van der Waals surface area contributed by atoms with Crippen molar-refractivity contribution in [2.75, 3.05) is 7.11 Å². The Balaban J connectivity index is 1.54. The van der Waals surface area contributed by atoms with Crippen molar-refractivity contribution in [3.8, 4) is 17.3 Å². The second-order valence-corrected chi connectivity index (χ2v) is 10.6. The van der Waals surface area contributed by atoms with E-state index in [2.05, 4.69) is 10.3 Å². The lowest BCUT2D eigenvalue weighted by Crippen LogP contribution is -2.26. The summed E-state index contributed by atoms with van der Waals surface area (Å²) in [6, 6.07) is 13.6. The van der Waals surface area contributed by atoms with Crippen LogP contribution in [0.2, 0.25) is 0 Å². The van der Waals surface area contributed by atoms with E-state index in [4.69, 9.17) is 4.74 Å². The summed E-state index contributed by atoms with van der Waals surface area (Å²) in [5.41, 5.74) is -4.67. The Bertz CT molecular complexity index is 1710. The fourth-order valence-corrected chi connectivity index (χ4v) is 4.62. The minimum atomic E-state index is -5.57. The van der Waals surface area contributed by atoms with E-state index in [0.29, 0.717) is 23.4 Å². The predicted octanol–water partition coefficient (Wildman–Crippen LogP) is 3.33. The Morgan fingerprint density at radius 2 is 1.70 bits per heavy atom. The van der Waals surface area contributed by atoms with Crippen LogP contribution < -0.4 is 15.7 Å². The number of amides is 1. The molecule has 40 heavy (non-hydrogen) atoms. The van der Waals surface area contributed by atoms with E-state index in [1.807, 2.05) is 0 Å². The van der Waals surface area contributed by atoms with Gasteiger partial charge in [-0.2, -0.15) is 13.2 Å². The van der Waals surface area contributed by atoms with Gasteiger partial charge in [0, 0.05) is 12.7 Å². The maximum atomic E-state index is 13.1. The zero-order chi connectivity index (χ0) is 29.2. The number of ether oxygens (including phenoxy) is 1. The smallest absolute Gasteiger partial charge is 0.497 e. The van der Waals surface area contributed by atoms with E-state index in [-0.39, 0.29) is 30.2 Å². The fraction of sp³-hybridized carbons (Fsp3) is 0.192. The minimum Gasteiger partial charge on any atom is -0.497 e. The molecule has 210 valence electrons. The van der Waals surface area contributed by atoms with Crippen molar-refractivity contribution >= 4 is 15.7 Å². The van der Waals surface area contributed by atoms with Crippen LogP contribution in [0.3, 0.4) is 0 Å². The third-order valence-corrected chi connectivity index (χ3v) is 7.58. The lowest BCUT2D eigenvalue weighted by molar-refractivity contribution is -0.0436. The SMILES string of the molecule is COc1ccc(CNC(=O)c2cc(Cn3c(C)c(O)n(-c4ccc(S(=O)(=O)C(F)(F)F)cc4)c3=O)ccn2)cc1. The highest BCUT2D eigenvalue weighted by Crippen LogP contribution is 2.31. The number of nitrogens with one attached hydrogen (secondary N) is 1. The molecule has 0 unspecified atom stereocenters. The third kappa shape index (κ3) is 5.57. The number of carbonyl (C=O) groups excluding carboxylic acids is 1. The first-order valence-electron chi connectivity index (χ1n) is 11.6. The Labute approximate surface area is 226 Å². The Kier molecular flexibility index (Phi) is 7.73. The number of imidazole rings is 1. The van der Waals surface area contributed by atoms with Gasteiger partial charge >= 0.3 is 11.2 Å². The summed E-state index contributed by atoms with van der Waals surface area (Å²) in [6.45, 7) is 1.64. The number of hydrogen-bond acceptors (Lipinski definition) is 7. The number of methoxy groups -OCH3 is 1. The van der Waals surface area contributed by atoms with Crippen molar-refractivity contribution in [2.24, 2.45) is 0 Å². The van der Waals surface area contributed by atoms with Crippen molar-refractivity contribution in [1.82, 2.24) is 19.4 Å². The van der Waals surface area contributed by atoms with Crippen molar-refractivity contribution in [2.45, 2.75) is 30.4 Å². The molecule has 0 aliphatic rings. The molecular formula is C26H23F3N4O6S. The van der Waals surface area contributed by atoms with Gasteiger partial charge in [-0.15, -0.1) is 0 Å². The van der Waals surface area contributed by atoms with Crippen molar-refractivity contribution in [1.29, 1.82) is 0 Å². The van der Waals surface area contributed by atoms with Crippen LogP contribution in [-0.4, -0.2) is 46.2 Å². The van der Waals surface area contributed by atoms with E-state index in [1.165, 1.54) is 23.8 Å². The predicted molar refractivity (Wildman–Crippen MR) is 137 cm³/mol. The van der Waals surface area contributed by atoms with Crippen LogP contribution in [-0.2, 0) is 22.9 Å².